The second-order valence-electron chi connectivity index (χ2n) is 3.30. The Morgan fingerprint density at radius 1 is 1.44 bits per heavy atom. The third-order valence-corrected chi connectivity index (χ3v) is 2.28. The summed E-state index contributed by atoms with van der Waals surface area (Å²) in [6.45, 7) is 1.52. The smallest absolute Gasteiger partial charge is 0.298 e. The van der Waals surface area contributed by atoms with Crippen LogP contribution in [0, 0.1) is 18.3 Å². The van der Waals surface area contributed by atoms with Gasteiger partial charge in [-0.1, -0.05) is 0 Å². The number of nitrogens with zero attached hydrogens (tertiary/aromatic N) is 1. The van der Waals surface area contributed by atoms with Crippen molar-refractivity contribution >= 4 is 6.29 Å². The highest BCUT2D eigenvalue weighted by Crippen LogP contribution is 2.31. The Hall–Kier alpha value is -1.83. The van der Waals surface area contributed by atoms with Crippen molar-refractivity contribution in [2.24, 2.45) is 0 Å². The minimum atomic E-state index is -4.50. The van der Waals surface area contributed by atoms with Crippen molar-refractivity contribution in [1.82, 2.24) is 0 Å². The Morgan fingerprint density at radius 3 is 2.50 bits per heavy atom. The molecule has 0 radical (unpaired) electrons. The predicted molar refractivity (Wildman–Crippen MR) is 50.9 cm³/mol. The third kappa shape index (κ3) is 2.40. The van der Waals surface area contributed by atoms with Crippen LogP contribution in [0.4, 0.5) is 13.2 Å². The molecule has 1 aromatic carbocycles. The fourth-order valence-electron chi connectivity index (χ4n) is 1.35. The zero-order chi connectivity index (χ0) is 12.3. The van der Waals surface area contributed by atoms with Crippen LogP contribution in [0.5, 0.6) is 0 Å². The molecule has 0 heterocycles. The first-order chi connectivity index (χ1) is 7.40. The SMILES string of the molecule is Cc1c(C=O)cc(C(F)(F)F)cc1CC#N. The summed E-state index contributed by atoms with van der Waals surface area (Å²) < 4.78 is 37.4. The lowest BCUT2D eigenvalue weighted by molar-refractivity contribution is -0.137. The maximum absolute atomic E-state index is 12.5. The summed E-state index contributed by atoms with van der Waals surface area (Å²) in [4.78, 5) is 10.6. The number of benzene rings is 1. The Kier molecular flexibility index (Phi) is 3.33. The normalized spacial score (nSPS) is 10.9. The van der Waals surface area contributed by atoms with E-state index in [9.17, 15) is 18.0 Å². The number of carbonyl (C=O) groups is 1. The van der Waals surface area contributed by atoms with E-state index < -0.39 is 11.7 Å². The van der Waals surface area contributed by atoms with Gasteiger partial charge < -0.3 is 0 Å². The van der Waals surface area contributed by atoms with Crippen LogP contribution >= 0.6 is 0 Å². The molecule has 0 bridgehead atoms. The van der Waals surface area contributed by atoms with Gasteiger partial charge >= 0.3 is 6.18 Å². The lowest BCUT2D eigenvalue weighted by atomic mass is 9.97. The van der Waals surface area contributed by atoms with Crippen molar-refractivity contribution in [2.45, 2.75) is 19.5 Å². The van der Waals surface area contributed by atoms with Gasteiger partial charge in [-0.15, -0.1) is 0 Å². The van der Waals surface area contributed by atoms with Crippen LogP contribution < -0.4 is 0 Å². The highest BCUT2D eigenvalue weighted by Gasteiger charge is 2.31. The number of halogens is 3. The van der Waals surface area contributed by atoms with E-state index in [0.717, 1.165) is 12.1 Å². The molecule has 0 saturated carbocycles. The second kappa shape index (κ2) is 4.35. The molecule has 84 valence electrons. The maximum Gasteiger partial charge on any atom is 0.416 e. The Morgan fingerprint density at radius 2 is 2.06 bits per heavy atom. The van der Waals surface area contributed by atoms with E-state index in [-0.39, 0.29) is 17.5 Å². The molecule has 0 fully saturated rings. The van der Waals surface area contributed by atoms with Crippen molar-refractivity contribution in [3.05, 3.63) is 34.4 Å². The average Bonchev–Trinajstić information content (AvgIpc) is 2.19. The topological polar surface area (TPSA) is 40.9 Å². The molecule has 0 atom stereocenters. The molecular weight excluding hydrogens is 219 g/mol. The van der Waals surface area contributed by atoms with Crippen molar-refractivity contribution in [2.75, 3.05) is 0 Å². The highest BCUT2D eigenvalue weighted by molar-refractivity contribution is 5.78. The second-order valence-corrected chi connectivity index (χ2v) is 3.30. The molecule has 0 aliphatic rings. The molecule has 1 rings (SSSR count). The van der Waals surface area contributed by atoms with E-state index in [1.165, 1.54) is 6.92 Å². The zero-order valence-electron chi connectivity index (χ0n) is 8.43. The first-order valence-electron chi connectivity index (χ1n) is 4.43. The van der Waals surface area contributed by atoms with Crippen LogP contribution in [0.15, 0.2) is 12.1 Å². The van der Waals surface area contributed by atoms with Gasteiger partial charge in [0.2, 0.25) is 0 Å². The molecule has 0 aromatic heterocycles. The number of aldehydes is 1. The summed E-state index contributed by atoms with van der Waals surface area (Å²) in [5.41, 5.74) is -0.269. The van der Waals surface area contributed by atoms with Crippen LogP contribution in [-0.4, -0.2) is 6.29 Å². The fraction of sp³-hybridized carbons (Fsp3) is 0.273. The molecule has 16 heavy (non-hydrogen) atoms. The van der Waals surface area contributed by atoms with Crippen molar-refractivity contribution in [1.29, 1.82) is 5.26 Å². The molecule has 0 aliphatic carbocycles. The van der Waals surface area contributed by atoms with Gasteiger partial charge in [0.1, 0.15) is 6.29 Å². The summed E-state index contributed by atoms with van der Waals surface area (Å²) in [5.74, 6) is 0. The average molecular weight is 227 g/mol. The molecule has 1 aromatic rings. The van der Waals surface area contributed by atoms with Crippen LogP contribution in [-0.2, 0) is 12.6 Å². The molecule has 0 unspecified atom stereocenters. The standard InChI is InChI=1S/C11H8F3NO/c1-7-8(2-3-15)4-10(11(12,13)14)5-9(7)6-16/h4-6H,2H2,1H3. The number of carbonyl (C=O) groups excluding carboxylic acids is 1. The quantitative estimate of drug-likeness (QED) is 0.729. The van der Waals surface area contributed by atoms with Gasteiger partial charge in [0.15, 0.2) is 0 Å². The van der Waals surface area contributed by atoms with Gasteiger partial charge in [-0.05, 0) is 30.2 Å². The van der Waals surface area contributed by atoms with Crippen molar-refractivity contribution in [3.8, 4) is 6.07 Å². The lowest BCUT2D eigenvalue weighted by Gasteiger charge is -2.11. The fourth-order valence-corrected chi connectivity index (χ4v) is 1.35. The summed E-state index contributed by atoms with van der Waals surface area (Å²) in [5, 5.41) is 8.48. The Labute approximate surface area is 90.3 Å². The van der Waals surface area contributed by atoms with Gasteiger partial charge in [0.25, 0.3) is 0 Å². The van der Waals surface area contributed by atoms with E-state index in [2.05, 4.69) is 0 Å². The van der Waals surface area contributed by atoms with Crippen LogP contribution in [0.3, 0.4) is 0 Å². The summed E-state index contributed by atoms with van der Waals surface area (Å²) in [6.07, 6.45) is -4.28. The van der Waals surface area contributed by atoms with E-state index >= 15 is 0 Å². The van der Waals surface area contributed by atoms with Gasteiger partial charge in [-0.25, -0.2) is 0 Å². The van der Waals surface area contributed by atoms with Crippen LogP contribution in [0.25, 0.3) is 0 Å². The first kappa shape index (κ1) is 12.2. The number of nitriles is 1. The van der Waals surface area contributed by atoms with Crippen molar-refractivity contribution in [3.63, 3.8) is 0 Å². The summed E-state index contributed by atoms with van der Waals surface area (Å²) in [7, 11) is 0. The van der Waals surface area contributed by atoms with Crippen LogP contribution in [0.1, 0.15) is 27.0 Å². The minimum absolute atomic E-state index is 0.0277. The molecule has 0 N–H and O–H groups in total. The van der Waals surface area contributed by atoms with Gasteiger partial charge in [0.05, 0.1) is 18.1 Å². The van der Waals surface area contributed by atoms with Crippen molar-refractivity contribution < 1.29 is 18.0 Å². The molecule has 0 amide bonds. The molecule has 0 spiro atoms. The largest absolute Gasteiger partial charge is 0.416 e. The van der Waals surface area contributed by atoms with E-state index in [0.29, 0.717) is 11.8 Å². The minimum Gasteiger partial charge on any atom is -0.298 e. The lowest BCUT2D eigenvalue weighted by Crippen LogP contribution is -2.08. The zero-order valence-corrected chi connectivity index (χ0v) is 8.43. The number of hydrogen-bond donors (Lipinski definition) is 0. The molecular formula is C11H8F3NO. The number of rotatable bonds is 2. The number of alkyl halides is 3. The Balaban J connectivity index is 3.41. The van der Waals surface area contributed by atoms with E-state index in [4.69, 9.17) is 5.26 Å². The highest BCUT2D eigenvalue weighted by atomic mass is 19.4. The molecule has 5 heteroatoms. The maximum atomic E-state index is 12.5. The van der Waals surface area contributed by atoms with Gasteiger partial charge in [-0.2, -0.15) is 18.4 Å². The Bertz CT molecular complexity index is 458. The van der Waals surface area contributed by atoms with Crippen LogP contribution in [0.2, 0.25) is 0 Å². The molecule has 0 aliphatic heterocycles. The summed E-state index contributed by atoms with van der Waals surface area (Å²) in [6, 6.07) is 3.47. The van der Waals surface area contributed by atoms with E-state index in [1.807, 2.05) is 0 Å². The van der Waals surface area contributed by atoms with E-state index in [1.54, 1.807) is 6.07 Å². The third-order valence-electron chi connectivity index (χ3n) is 2.28. The predicted octanol–water partition coefficient (Wildman–Crippen LogP) is 2.89. The van der Waals surface area contributed by atoms with Gasteiger partial charge in [0, 0.05) is 5.56 Å². The summed E-state index contributed by atoms with van der Waals surface area (Å²) >= 11 is 0. The molecule has 0 saturated heterocycles. The number of hydrogen-bond acceptors (Lipinski definition) is 2. The first-order valence-corrected chi connectivity index (χ1v) is 4.43. The monoisotopic (exact) mass is 227 g/mol. The molecule has 2 nitrogen and oxygen atoms in total. The van der Waals surface area contributed by atoms with Gasteiger partial charge in [-0.3, -0.25) is 4.79 Å².